The largest absolute Gasteiger partial charge is 0.444 e. The molecule has 1 aromatic carbocycles. The summed E-state index contributed by atoms with van der Waals surface area (Å²) in [7, 11) is 0. The van der Waals surface area contributed by atoms with E-state index in [0.717, 1.165) is 12.1 Å². The van der Waals surface area contributed by atoms with Crippen molar-refractivity contribution in [2.45, 2.75) is 32.5 Å². The second-order valence-corrected chi connectivity index (χ2v) is 7.66. The van der Waals surface area contributed by atoms with Gasteiger partial charge in [-0.1, -0.05) is 5.16 Å². The van der Waals surface area contributed by atoms with Crippen molar-refractivity contribution in [3.05, 3.63) is 60.0 Å². The van der Waals surface area contributed by atoms with Crippen LogP contribution >= 0.6 is 0 Å². The van der Waals surface area contributed by atoms with E-state index < -0.39 is 29.3 Å². The van der Waals surface area contributed by atoms with Gasteiger partial charge in [0.25, 0.3) is 5.91 Å². The minimum atomic E-state index is -4.66. The zero-order valence-corrected chi connectivity index (χ0v) is 17.3. The third-order valence-corrected chi connectivity index (χ3v) is 3.92. The number of amides is 2. The van der Waals surface area contributed by atoms with Crippen molar-refractivity contribution >= 4 is 23.4 Å². The maximum absolute atomic E-state index is 13.2. The van der Waals surface area contributed by atoms with Gasteiger partial charge in [-0.05, 0) is 51.1 Å². The first-order chi connectivity index (χ1) is 14.9. The Labute approximate surface area is 180 Å². The van der Waals surface area contributed by atoms with E-state index in [2.05, 4.69) is 20.8 Å². The Morgan fingerprint density at radius 1 is 1.03 bits per heavy atom. The number of hydrogen-bond donors (Lipinski definition) is 2. The van der Waals surface area contributed by atoms with E-state index >= 15 is 0 Å². The summed E-state index contributed by atoms with van der Waals surface area (Å²) in [6.45, 7) is 4.89. The molecule has 0 saturated heterocycles. The Bertz CT molecular complexity index is 1120. The SMILES string of the molecule is CC(C)(C)OC(=O)Nc1ccc(C(F)(F)F)cc1NC(=O)c1cc(-c2cccnc2)on1. The van der Waals surface area contributed by atoms with Crippen molar-refractivity contribution in [3.8, 4) is 11.3 Å². The number of carbonyl (C=O) groups is 2. The van der Waals surface area contributed by atoms with Gasteiger partial charge < -0.3 is 14.6 Å². The molecule has 3 rings (SSSR count). The van der Waals surface area contributed by atoms with E-state index in [1.54, 1.807) is 39.1 Å². The summed E-state index contributed by atoms with van der Waals surface area (Å²) in [5.41, 5.74) is -1.84. The molecule has 168 valence electrons. The summed E-state index contributed by atoms with van der Waals surface area (Å²) in [5, 5.41) is 8.31. The van der Waals surface area contributed by atoms with E-state index in [1.165, 1.54) is 12.3 Å². The Kier molecular flexibility index (Phi) is 6.19. The number of ether oxygens (including phenoxy) is 1. The number of rotatable bonds is 4. The highest BCUT2D eigenvalue weighted by molar-refractivity contribution is 6.06. The van der Waals surface area contributed by atoms with Gasteiger partial charge in [0.2, 0.25) is 0 Å². The molecular weight excluding hydrogens is 429 g/mol. The number of hydrogen-bond acceptors (Lipinski definition) is 6. The van der Waals surface area contributed by atoms with Crippen LogP contribution in [0.25, 0.3) is 11.3 Å². The summed E-state index contributed by atoms with van der Waals surface area (Å²) in [4.78, 5) is 28.6. The number of pyridine rings is 1. The zero-order chi connectivity index (χ0) is 23.5. The van der Waals surface area contributed by atoms with Crippen LogP contribution in [-0.4, -0.2) is 27.7 Å². The quantitative estimate of drug-likeness (QED) is 0.557. The second kappa shape index (κ2) is 8.69. The predicted octanol–water partition coefficient (Wildman–Crippen LogP) is 5.35. The average Bonchev–Trinajstić information content (AvgIpc) is 3.18. The summed E-state index contributed by atoms with van der Waals surface area (Å²) < 4.78 is 49.8. The fraction of sp³-hybridized carbons (Fsp3) is 0.238. The van der Waals surface area contributed by atoms with Crippen molar-refractivity contribution in [1.29, 1.82) is 0 Å². The Morgan fingerprint density at radius 2 is 1.78 bits per heavy atom. The third kappa shape index (κ3) is 5.84. The molecule has 0 bridgehead atoms. The summed E-state index contributed by atoms with van der Waals surface area (Å²) in [5.74, 6) is -0.588. The molecule has 0 aliphatic heterocycles. The molecule has 32 heavy (non-hydrogen) atoms. The number of halogens is 3. The molecule has 11 heteroatoms. The minimum absolute atomic E-state index is 0.0865. The van der Waals surface area contributed by atoms with Crippen molar-refractivity contribution in [2.75, 3.05) is 10.6 Å². The number of nitrogens with one attached hydrogen (secondary N) is 2. The molecule has 0 aliphatic carbocycles. The van der Waals surface area contributed by atoms with Gasteiger partial charge in [0, 0.05) is 24.0 Å². The number of benzene rings is 1. The first-order valence-corrected chi connectivity index (χ1v) is 9.32. The lowest BCUT2D eigenvalue weighted by Gasteiger charge is -2.21. The van der Waals surface area contributed by atoms with Gasteiger partial charge in [-0.25, -0.2) is 4.79 Å². The van der Waals surface area contributed by atoms with Gasteiger partial charge in [-0.3, -0.25) is 15.1 Å². The lowest BCUT2D eigenvalue weighted by atomic mass is 10.1. The van der Waals surface area contributed by atoms with Crippen LogP contribution in [0.5, 0.6) is 0 Å². The van der Waals surface area contributed by atoms with Gasteiger partial charge in [0.1, 0.15) is 5.60 Å². The maximum atomic E-state index is 13.2. The number of anilines is 2. The molecule has 2 heterocycles. The molecule has 8 nitrogen and oxygen atoms in total. The van der Waals surface area contributed by atoms with E-state index in [1.807, 2.05) is 0 Å². The number of carbonyl (C=O) groups excluding carboxylic acids is 2. The van der Waals surface area contributed by atoms with Crippen LogP contribution in [0.15, 0.2) is 53.3 Å². The van der Waals surface area contributed by atoms with Crippen LogP contribution in [0, 0.1) is 0 Å². The number of nitrogens with zero attached hydrogens (tertiary/aromatic N) is 2. The zero-order valence-electron chi connectivity index (χ0n) is 17.3. The first kappa shape index (κ1) is 22.8. The van der Waals surface area contributed by atoms with Crippen LogP contribution in [0.4, 0.5) is 29.3 Å². The van der Waals surface area contributed by atoms with E-state index in [9.17, 15) is 22.8 Å². The molecule has 0 atom stereocenters. The first-order valence-electron chi connectivity index (χ1n) is 9.32. The molecule has 2 N–H and O–H groups in total. The van der Waals surface area contributed by atoms with Gasteiger partial charge in [-0.2, -0.15) is 13.2 Å². The highest BCUT2D eigenvalue weighted by Gasteiger charge is 2.31. The highest BCUT2D eigenvalue weighted by Crippen LogP contribution is 2.34. The van der Waals surface area contributed by atoms with E-state index in [-0.39, 0.29) is 22.8 Å². The van der Waals surface area contributed by atoms with E-state index in [4.69, 9.17) is 9.26 Å². The molecule has 0 saturated carbocycles. The predicted molar refractivity (Wildman–Crippen MR) is 109 cm³/mol. The van der Waals surface area contributed by atoms with Crippen molar-refractivity contribution in [1.82, 2.24) is 10.1 Å². The molecular formula is C21H19F3N4O4. The molecule has 0 aliphatic rings. The monoisotopic (exact) mass is 448 g/mol. The van der Waals surface area contributed by atoms with Crippen molar-refractivity contribution in [3.63, 3.8) is 0 Å². The second-order valence-electron chi connectivity index (χ2n) is 7.66. The van der Waals surface area contributed by atoms with Gasteiger partial charge >= 0.3 is 12.3 Å². The fourth-order valence-electron chi connectivity index (χ4n) is 2.56. The number of aromatic nitrogens is 2. The summed E-state index contributed by atoms with van der Waals surface area (Å²) >= 11 is 0. The molecule has 2 amide bonds. The van der Waals surface area contributed by atoms with Gasteiger partial charge in [0.15, 0.2) is 11.5 Å². The van der Waals surface area contributed by atoms with Crippen molar-refractivity contribution in [2.24, 2.45) is 0 Å². The number of alkyl halides is 3. The van der Waals surface area contributed by atoms with Crippen LogP contribution in [-0.2, 0) is 10.9 Å². The normalized spacial score (nSPS) is 11.7. The Balaban J connectivity index is 1.87. The van der Waals surface area contributed by atoms with Crippen LogP contribution < -0.4 is 10.6 Å². The Hall–Kier alpha value is -3.89. The highest BCUT2D eigenvalue weighted by atomic mass is 19.4. The van der Waals surface area contributed by atoms with Crippen LogP contribution in [0.2, 0.25) is 0 Å². The lowest BCUT2D eigenvalue weighted by Crippen LogP contribution is -2.27. The molecule has 0 radical (unpaired) electrons. The summed E-state index contributed by atoms with van der Waals surface area (Å²) in [6, 6.07) is 7.17. The lowest BCUT2D eigenvalue weighted by molar-refractivity contribution is -0.137. The molecule has 0 unspecified atom stereocenters. The van der Waals surface area contributed by atoms with Crippen LogP contribution in [0.1, 0.15) is 36.8 Å². The maximum Gasteiger partial charge on any atom is 0.416 e. The molecule has 2 aromatic heterocycles. The fourth-order valence-corrected chi connectivity index (χ4v) is 2.56. The van der Waals surface area contributed by atoms with Crippen molar-refractivity contribution < 1.29 is 32.0 Å². The minimum Gasteiger partial charge on any atom is -0.444 e. The molecule has 0 spiro atoms. The average molecular weight is 448 g/mol. The van der Waals surface area contributed by atoms with Gasteiger partial charge in [-0.15, -0.1) is 0 Å². The standard InChI is InChI=1S/C21H19F3N4O4/c1-20(2,3)31-19(30)27-14-7-6-13(21(22,23)24)9-15(14)26-18(29)16-10-17(32-28-16)12-5-4-8-25-11-12/h4-11H,1-3H3,(H,26,29)(H,27,30). The van der Waals surface area contributed by atoms with Crippen LogP contribution in [0.3, 0.4) is 0 Å². The smallest absolute Gasteiger partial charge is 0.416 e. The van der Waals surface area contributed by atoms with Gasteiger partial charge in [0.05, 0.1) is 16.9 Å². The summed E-state index contributed by atoms with van der Waals surface area (Å²) in [6.07, 6.45) is -2.50. The molecule has 0 fully saturated rings. The topological polar surface area (TPSA) is 106 Å². The third-order valence-electron chi connectivity index (χ3n) is 3.92. The Morgan fingerprint density at radius 3 is 2.41 bits per heavy atom. The van der Waals surface area contributed by atoms with E-state index in [0.29, 0.717) is 11.6 Å². The molecule has 3 aromatic rings.